The van der Waals surface area contributed by atoms with Gasteiger partial charge in [-0.1, -0.05) is 6.92 Å². The quantitative estimate of drug-likeness (QED) is 0.888. The molecule has 0 bridgehead atoms. The van der Waals surface area contributed by atoms with Crippen LogP contribution in [-0.2, 0) is 21.4 Å². The summed E-state index contributed by atoms with van der Waals surface area (Å²) in [6, 6.07) is -0.627. The second-order valence-electron chi connectivity index (χ2n) is 5.31. The van der Waals surface area contributed by atoms with Gasteiger partial charge in [0.15, 0.2) is 6.10 Å². The molecule has 7 heteroatoms. The zero-order chi connectivity index (χ0) is 15.7. The Labute approximate surface area is 123 Å². The number of hydrogen-bond acceptors (Lipinski definition) is 4. The fourth-order valence-electron chi connectivity index (χ4n) is 2.89. The molecule has 1 N–H and O–H groups in total. The Hall–Kier alpha value is -1.89. The van der Waals surface area contributed by atoms with E-state index in [1.54, 1.807) is 16.6 Å². The predicted octanol–water partition coefficient (Wildman–Crippen LogP) is 0.800. The topological polar surface area (TPSA) is 84.7 Å². The molecule has 1 aliphatic rings. The molecule has 1 fully saturated rings. The first-order chi connectivity index (χ1) is 9.88. The summed E-state index contributed by atoms with van der Waals surface area (Å²) in [5.41, 5.74) is 2.35. The largest absolute Gasteiger partial charge is 0.479 e. The molecular formula is C14H21N3O4. The van der Waals surface area contributed by atoms with Crippen LogP contribution in [0.25, 0.3) is 0 Å². The third kappa shape index (κ3) is 2.65. The van der Waals surface area contributed by atoms with Crippen LogP contribution in [0.1, 0.15) is 36.3 Å². The monoisotopic (exact) mass is 295 g/mol. The highest BCUT2D eigenvalue weighted by Gasteiger charge is 2.43. The van der Waals surface area contributed by atoms with E-state index in [2.05, 4.69) is 5.10 Å². The zero-order valence-electron chi connectivity index (χ0n) is 12.8. The summed E-state index contributed by atoms with van der Waals surface area (Å²) in [6.07, 6.45) is -0.303. The van der Waals surface area contributed by atoms with Gasteiger partial charge in [0.25, 0.3) is 0 Å². The first kappa shape index (κ1) is 15.5. The Morgan fingerprint density at radius 1 is 1.48 bits per heavy atom. The van der Waals surface area contributed by atoms with Gasteiger partial charge >= 0.3 is 5.97 Å². The number of nitrogens with zero attached hydrogens (tertiary/aromatic N) is 3. The van der Waals surface area contributed by atoms with Gasteiger partial charge in [0.2, 0.25) is 5.91 Å². The summed E-state index contributed by atoms with van der Waals surface area (Å²) in [6.45, 7) is 5.97. The smallest absolute Gasteiger partial charge is 0.335 e. The van der Waals surface area contributed by atoms with E-state index >= 15 is 0 Å². The average molecular weight is 295 g/mol. The third-order valence-electron chi connectivity index (χ3n) is 3.90. The summed E-state index contributed by atoms with van der Waals surface area (Å²) in [7, 11) is 1.80. The molecule has 116 valence electrons. The molecule has 0 aliphatic carbocycles. The number of aliphatic carboxylic acids is 1. The van der Waals surface area contributed by atoms with Crippen molar-refractivity contribution in [1.29, 1.82) is 0 Å². The summed E-state index contributed by atoms with van der Waals surface area (Å²) < 4.78 is 6.99. The number of morpholine rings is 1. The summed E-state index contributed by atoms with van der Waals surface area (Å²) in [4.78, 5) is 25.3. The van der Waals surface area contributed by atoms with Crippen molar-refractivity contribution < 1.29 is 19.4 Å². The molecule has 0 radical (unpaired) electrons. The standard InChI is InChI=1S/C14H21N3O4/c1-5-6-17-10(18)7-21-13(14(19)20)12(17)11-8(2)15-16(4)9(11)3/h12-13H,5-7H2,1-4H3,(H,19,20). The normalized spacial score (nSPS) is 22.7. The van der Waals surface area contributed by atoms with Crippen LogP contribution in [-0.4, -0.2) is 50.9 Å². The lowest BCUT2D eigenvalue weighted by molar-refractivity contribution is -0.173. The van der Waals surface area contributed by atoms with Crippen molar-refractivity contribution in [3.8, 4) is 0 Å². The summed E-state index contributed by atoms with van der Waals surface area (Å²) in [5, 5.41) is 13.8. The molecule has 2 heterocycles. The molecule has 21 heavy (non-hydrogen) atoms. The van der Waals surface area contributed by atoms with Crippen LogP contribution in [0.3, 0.4) is 0 Å². The van der Waals surface area contributed by atoms with E-state index < -0.39 is 18.1 Å². The molecule has 0 saturated carbocycles. The molecule has 1 aromatic heterocycles. The molecule has 0 aromatic carbocycles. The van der Waals surface area contributed by atoms with Gasteiger partial charge in [0.1, 0.15) is 6.61 Å². The summed E-state index contributed by atoms with van der Waals surface area (Å²) in [5.74, 6) is -1.24. The second-order valence-corrected chi connectivity index (χ2v) is 5.31. The Kier molecular flexibility index (Phi) is 4.32. The lowest BCUT2D eigenvalue weighted by Gasteiger charge is -2.39. The van der Waals surface area contributed by atoms with Gasteiger partial charge in [0.05, 0.1) is 11.7 Å². The van der Waals surface area contributed by atoms with E-state index in [9.17, 15) is 14.7 Å². The van der Waals surface area contributed by atoms with Crippen LogP contribution in [0, 0.1) is 13.8 Å². The average Bonchev–Trinajstić information content (AvgIpc) is 2.66. The van der Waals surface area contributed by atoms with Crippen LogP contribution >= 0.6 is 0 Å². The molecular weight excluding hydrogens is 274 g/mol. The molecule has 1 amide bonds. The molecule has 1 aromatic rings. The first-order valence-electron chi connectivity index (χ1n) is 7.02. The minimum atomic E-state index is -1.06. The van der Waals surface area contributed by atoms with Gasteiger partial charge in [-0.05, 0) is 20.3 Å². The number of carbonyl (C=O) groups excluding carboxylic acids is 1. The molecule has 0 spiro atoms. The maximum atomic E-state index is 12.1. The summed E-state index contributed by atoms with van der Waals surface area (Å²) >= 11 is 0. The SMILES string of the molecule is CCCN1C(=O)COC(C(=O)O)C1c1c(C)nn(C)c1C. The van der Waals surface area contributed by atoms with E-state index in [4.69, 9.17) is 4.74 Å². The van der Waals surface area contributed by atoms with Crippen molar-refractivity contribution >= 4 is 11.9 Å². The van der Waals surface area contributed by atoms with E-state index in [-0.39, 0.29) is 12.5 Å². The minimum absolute atomic E-state index is 0.179. The van der Waals surface area contributed by atoms with Crippen LogP contribution < -0.4 is 0 Å². The minimum Gasteiger partial charge on any atom is -0.479 e. The number of amides is 1. The van der Waals surface area contributed by atoms with Crippen LogP contribution in [0.4, 0.5) is 0 Å². The maximum absolute atomic E-state index is 12.1. The van der Waals surface area contributed by atoms with Crippen LogP contribution in [0.15, 0.2) is 0 Å². The number of ether oxygens (including phenoxy) is 1. The van der Waals surface area contributed by atoms with Crippen molar-refractivity contribution in [2.45, 2.75) is 39.3 Å². The van der Waals surface area contributed by atoms with E-state index in [0.29, 0.717) is 6.54 Å². The maximum Gasteiger partial charge on any atom is 0.335 e. The number of aryl methyl sites for hydroxylation is 2. The fraction of sp³-hybridized carbons (Fsp3) is 0.643. The fourth-order valence-corrected chi connectivity index (χ4v) is 2.89. The van der Waals surface area contributed by atoms with Crippen molar-refractivity contribution in [2.75, 3.05) is 13.2 Å². The second kappa shape index (κ2) is 5.85. The molecule has 7 nitrogen and oxygen atoms in total. The Morgan fingerprint density at radius 3 is 2.62 bits per heavy atom. The van der Waals surface area contributed by atoms with Gasteiger partial charge in [-0.15, -0.1) is 0 Å². The number of carboxylic acid groups (broad SMARTS) is 1. The highest BCUT2D eigenvalue weighted by atomic mass is 16.5. The van der Waals surface area contributed by atoms with Crippen molar-refractivity contribution in [3.63, 3.8) is 0 Å². The predicted molar refractivity (Wildman–Crippen MR) is 74.8 cm³/mol. The Morgan fingerprint density at radius 2 is 2.14 bits per heavy atom. The zero-order valence-corrected chi connectivity index (χ0v) is 12.8. The first-order valence-corrected chi connectivity index (χ1v) is 7.02. The van der Waals surface area contributed by atoms with Gasteiger partial charge < -0.3 is 14.7 Å². The van der Waals surface area contributed by atoms with E-state index in [1.807, 2.05) is 20.8 Å². The molecule has 2 rings (SSSR count). The van der Waals surface area contributed by atoms with Gasteiger partial charge in [-0.3, -0.25) is 9.48 Å². The molecule has 1 saturated heterocycles. The molecule has 2 unspecified atom stereocenters. The number of rotatable bonds is 4. The lowest BCUT2D eigenvalue weighted by Crippen LogP contribution is -2.52. The molecule has 2 atom stereocenters. The highest BCUT2D eigenvalue weighted by molar-refractivity contribution is 5.83. The third-order valence-corrected chi connectivity index (χ3v) is 3.90. The van der Waals surface area contributed by atoms with Gasteiger partial charge in [0, 0.05) is 24.8 Å². The van der Waals surface area contributed by atoms with Crippen molar-refractivity contribution in [3.05, 3.63) is 17.0 Å². The number of hydrogen-bond donors (Lipinski definition) is 1. The number of carbonyl (C=O) groups is 2. The van der Waals surface area contributed by atoms with Gasteiger partial charge in [-0.2, -0.15) is 5.10 Å². The number of carboxylic acids is 1. The van der Waals surface area contributed by atoms with Crippen LogP contribution in [0.5, 0.6) is 0 Å². The highest BCUT2D eigenvalue weighted by Crippen LogP contribution is 2.34. The van der Waals surface area contributed by atoms with Crippen molar-refractivity contribution in [1.82, 2.24) is 14.7 Å². The van der Waals surface area contributed by atoms with Crippen molar-refractivity contribution in [2.24, 2.45) is 7.05 Å². The Bertz CT molecular complexity index is 567. The number of aromatic nitrogens is 2. The van der Waals surface area contributed by atoms with Crippen LogP contribution in [0.2, 0.25) is 0 Å². The Balaban J connectivity index is 2.54. The van der Waals surface area contributed by atoms with Gasteiger partial charge in [-0.25, -0.2) is 4.79 Å². The lowest BCUT2D eigenvalue weighted by atomic mass is 9.95. The molecule has 1 aliphatic heterocycles. The van der Waals surface area contributed by atoms with E-state index in [1.165, 1.54) is 0 Å². The van der Waals surface area contributed by atoms with E-state index in [0.717, 1.165) is 23.4 Å².